The molecule has 0 radical (unpaired) electrons. The van der Waals surface area contributed by atoms with Crippen molar-refractivity contribution in [2.45, 2.75) is 107 Å². The highest BCUT2D eigenvalue weighted by Crippen LogP contribution is 2.21. The van der Waals surface area contributed by atoms with Crippen molar-refractivity contribution in [2.24, 2.45) is 5.73 Å². The Labute approximate surface area is 278 Å². The Morgan fingerprint density at radius 3 is 1.50 bits per heavy atom. The second-order valence-electron chi connectivity index (χ2n) is 12.6. The van der Waals surface area contributed by atoms with Crippen LogP contribution >= 0.6 is 0 Å². The zero-order chi connectivity index (χ0) is 33.4. The SMILES string of the molecule is Cc1ccc(S(=O)(=O)N(CCCN)CCCN(CCCN2CCCCCCCCCCCC2=O)S(=O)(=O)c2ccc(C)cc2)cc1. The summed E-state index contributed by atoms with van der Waals surface area (Å²) in [6.45, 7) is 6.20. The fraction of sp³-hybridized carbons (Fsp3) is 0.629. The van der Waals surface area contributed by atoms with Crippen LogP contribution in [0.4, 0.5) is 0 Å². The number of benzene rings is 2. The maximum absolute atomic E-state index is 13.9. The van der Waals surface area contributed by atoms with Crippen molar-refractivity contribution in [1.29, 1.82) is 0 Å². The molecule has 258 valence electrons. The number of rotatable bonds is 15. The second kappa shape index (κ2) is 19.5. The predicted molar refractivity (Wildman–Crippen MR) is 186 cm³/mol. The highest BCUT2D eigenvalue weighted by molar-refractivity contribution is 7.89. The lowest BCUT2D eigenvalue weighted by molar-refractivity contribution is -0.131. The zero-order valence-corrected chi connectivity index (χ0v) is 29.7. The number of hydrogen-bond donors (Lipinski definition) is 1. The molecule has 2 aromatic rings. The topological polar surface area (TPSA) is 121 Å². The predicted octanol–water partition coefficient (Wildman–Crippen LogP) is 5.86. The summed E-state index contributed by atoms with van der Waals surface area (Å²) in [5.74, 6) is 0.157. The average molecular weight is 677 g/mol. The third kappa shape index (κ3) is 12.0. The quantitative estimate of drug-likeness (QED) is 0.253. The summed E-state index contributed by atoms with van der Waals surface area (Å²) in [4.78, 5) is 15.5. The normalized spacial score (nSPS) is 16.3. The van der Waals surface area contributed by atoms with Gasteiger partial charge in [-0.15, -0.1) is 0 Å². The maximum atomic E-state index is 13.9. The van der Waals surface area contributed by atoms with Crippen LogP contribution in [0.1, 0.15) is 94.6 Å². The largest absolute Gasteiger partial charge is 0.343 e. The molecule has 0 unspecified atom stereocenters. The first kappa shape index (κ1) is 38.1. The summed E-state index contributed by atoms with van der Waals surface area (Å²) in [6.07, 6.45) is 12.0. The number of nitrogens with two attached hydrogens (primary N) is 1. The Morgan fingerprint density at radius 2 is 1.02 bits per heavy atom. The van der Waals surface area contributed by atoms with Crippen LogP contribution in [0, 0.1) is 13.8 Å². The van der Waals surface area contributed by atoms with Crippen LogP contribution < -0.4 is 5.73 Å². The summed E-state index contributed by atoms with van der Waals surface area (Å²) >= 11 is 0. The van der Waals surface area contributed by atoms with Crippen molar-refractivity contribution in [3.05, 3.63) is 59.7 Å². The monoisotopic (exact) mass is 676 g/mol. The number of amides is 1. The van der Waals surface area contributed by atoms with Crippen molar-refractivity contribution in [3.8, 4) is 0 Å². The lowest BCUT2D eigenvalue weighted by atomic mass is 10.1. The van der Waals surface area contributed by atoms with E-state index in [2.05, 4.69) is 0 Å². The van der Waals surface area contributed by atoms with Gasteiger partial charge in [-0.3, -0.25) is 4.79 Å². The maximum Gasteiger partial charge on any atom is 0.243 e. The summed E-state index contributed by atoms with van der Waals surface area (Å²) in [7, 11) is -7.61. The summed E-state index contributed by atoms with van der Waals surface area (Å²) in [5.41, 5.74) is 7.66. The molecule has 0 atom stereocenters. The smallest absolute Gasteiger partial charge is 0.243 e. The molecule has 1 aliphatic rings. The van der Waals surface area contributed by atoms with Gasteiger partial charge in [0.2, 0.25) is 26.0 Å². The minimum absolute atomic E-state index is 0.157. The number of carbonyl (C=O) groups excluding carboxylic acids is 1. The lowest BCUT2D eigenvalue weighted by Gasteiger charge is -2.27. The fourth-order valence-corrected chi connectivity index (χ4v) is 8.92. The minimum Gasteiger partial charge on any atom is -0.343 e. The van der Waals surface area contributed by atoms with Gasteiger partial charge in [0, 0.05) is 45.7 Å². The van der Waals surface area contributed by atoms with Crippen molar-refractivity contribution >= 4 is 26.0 Å². The molecule has 1 aliphatic heterocycles. The van der Waals surface area contributed by atoms with Crippen LogP contribution in [0.15, 0.2) is 58.3 Å². The molecule has 2 aromatic carbocycles. The van der Waals surface area contributed by atoms with E-state index < -0.39 is 20.0 Å². The fourth-order valence-electron chi connectivity index (χ4n) is 5.89. The third-order valence-electron chi connectivity index (χ3n) is 8.75. The standard InChI is InChI=1S/C35H56N4O5S2/c1-31-16-20-33(21-17-31)45(41,42)38(27-12-24-36)29-14-30-39(46(43,44)34-22-18-32(2)19-23-34)28-13-26-37-25-11-9-7-5-3-4-6-8-10-15-35(37)40/h16-23H,3-15,24-30,36H2,1-2H3. The molecule has 0 spiro atoms. The Morgan fingerprint density at radius 1 is 0.609 bits per heavy atom. The molecule has 1 fully saturated rings. The molecule has 0 aromatic heterocycles. The lowest BCUT2D eigenvalue weighted by Crippen LogP contribution is -2.39. The van der Waals surface area contributed by atoms with Crippen LogP contribution in [0.5, 0.6) is 0 Å². The molecule has 9 nitrogen and oxygen atoms in total. The first-order valence-corrected chi connectivity index (χ1v) is 20.0. The molecule has 1 amide bonds. The molecule has 0 saturated carbocycles. The Balaban J connectivity index is 1.73. The second-order valence-corrected chi connectivity index (χ2v) is 16.5. The first-order valence-electron chi connectivity index (χ1n) is 17.2. The molecule has 11 heteroatoms. The highest BCUT2D eigenvalue weighted by Gasteiger charge is 2.27. The summed E-state index contributed by atoms with van der Waals surface area (Å²) in [5, 5.41) is 0. The number of hydrogen-bond acceptors (Lipinski definition) is 6. The van der Waals surface area contributed by atoms with Crippen LogP contribution in [-0.4, -0.2) is 82.1 Å². The Hall–Kier alpha value is -2.31. The number of nitrogens with zero attached hydrogens (tertiary/aromatic N) is 3. The summed E-state index contributed by atoms with van der Waals surface area (Å²) in [6, 6.07) is 13.6. The molecule has 1 heterocycles. The van der Waals surface area contributed by atoms with E-state index in [-0.39, 0.29) is 41.9 Å². The van der Waals surface area contributed by atoms with Crippen LogP contribution in [0.2, 0.25) is 0 Å². The van der Waals surface area contributed by atoms with Gasteiger partial charge >= 0.3 is 0 Å². The van der Waals surface area contributed by atoms with Crippen LogP contribution in [0.3, 0.4) is 0 Å². The van der Waals surface area contributed by atoms with Gasteiger partial charge in [0.25, 0.3) is 0 Å². The van der Waals surface area contributed by atoms with Crippen LogP contribution in [0.25, 0.3) is 0 Å². The van der Waals surface area contributed by atoms with E-state index in [1.807, 2.05) is 18.7 Å². The van der Waals surface area contributed by atoms with E-state index in [0.717, 1.165) is 36.8 Å². The molecular weight excluding hydrogens is 621 g/mol. The zero-order valence-electron chi connectivity index (χ0n) is 28.0. The molecule has 3 rings (SSSR count). The highest BCUT2D eigenvalue weighted by atomic mass is 32.2. The number of aryl methyl sites for hydroxylation is 2. The minimum atomic E-state index is -3.84. The van der Waals surface area contributed by atoms with Crippen molar-refractivity contribution in [3.63, 3.8) is 0 Å². The van der Waals surface area contributed by atoms with E-state index in [9.17, 15) is 21.6 Å². The molecular formula is C35H56N4O5S2. The molecule has 0 aliphatic carbocycles. The molecule has 1 saturated heterocycles. The van der Waals surface area contributed by atoms with E-state index in [0.29, 0.717) is 45.3 Å². The van der Waals surface area contributed by atoms with Gasteiger partial charge in [-0.05, 0) is 76.8 Å². The van der Waals surface area contributed by atoms with Gasteiger partial charge in [0.1, 0.15) is 0 Å². The van der Waals surface area contributed by atoms with Crippen molar-refractivity contribution < 1.29 is 21.6 Å². The van der Waals surface area contributed by atoms with E-state index in [1.54, 1.807) is 48.5 Å². The Bertz CT molecular complexity index is 1400. The van der Waals surface area contributed by atoms with Gasteiger partial charge in [0.15, 0.2) is 0 Å². The average Bonchev–Trinajstić information content (AvgIpc) is 3.05. The van der Waals surface area contributed by atoms with Gasteiger partial charge < -0.3 is 10.6 Å². The molecule has 2 N–H and O–H groups in total. The van der Waals surface area contributed by atoms with E-state index >= 15 is 0 Å². The Kier molecular flexibility index (Phi) is 16.2. The number of carbonyl (C=O) groups is 1. The van der Waals surface area contributed by atoms with Gasteiger partial charge in [-0.2, -0.15) is 8.61 Å². The molecule has 46 heavy (non-hydrogen) atoms. The van der Waals surface area contributed by atoms with Gasteiger partial charge in [-0.25, -0.2) is 16.8 Å². The van der Waals surface area contributed by atoms with Gasteiger partial charge in [0.05, 0.1) is 9.79 Å². The first-order chi connectivity index (χ1) is 22.1. The summed E-state index contributed by atoms with van der Waals surface area (Å²) < 4.78 is 57.7. The van der Waals surface area contributed by atoms with E-state index in [1.165, 1.54) is 40.7 Å². The van der Waals surface area contributed by atoms with E-state index in [4.69, 9.17) is 5.73 Å². The van der Waals surface area contributed by atoms with Crippen molar-refractivity contribution in [1.82, 2.24) is 13.5 Å². The number of sulfonamides is 2. The van der Waals surface area contributed by atoms with Crippen LogP contribution in [-0.2, 0) is 24.8 Å². The van der Waals surface area contributed by atoms with Gasteiger partial charge in [-0.1, -0.05) is 80.3 Å². The van der Waals surface area contributed by atoms with Crippen molar-refractivity contribution in [2.75, 3.05) is 45.8 Å². The molecule has 0 bridgehead atoms. The third-order valence-corrected chi connectivity index (χ3v) is 12.6.